The van der Waals surface area contributed by atoms with E-state index in [1.807, 2.05) is 6.92 Å². The van der Waals surface area contributed by atoms with Crippen LogP contribution in [-0.2, 0) is 12.6 Å². The zero-order chi connectivity index (χ0) is 14.8. The number of hydrogen-bond donors (Lipinski definition) is 1. The van der Waals surface area contributed by atoms with E-state index >= 15 is 0 Å². The Morgan fingerprint density at radius 2 is 1.60 bits per heavy atom. The third-order valence-corrected chi connectivity index (χ3v) is 8.52. The molecule has 0 amide bonds. The van der Waals surface area contributed by atoms with E-state index in [4.69, 9.17) is 2.51 Å². The molecule has 4 nitrogen and oxygen atoms in total. The molecule has 0 aromatic heterocycles. The molecule has 108 valence electrons. The minimum absolute atomic E-state index is 0.0601. The Morgan fingerprint density at radius 3 is 2.15 bits per heavy atom. The monoisotopic (exact) mass is 518 g/mol. The van der Waals surface area contributed by atoms with Gasteiger partial charge in [0.15, 0.2) is 0 Å². The van der Waals surface area contributed by atoms with E-state index in [1.54, 1.807) is 36.4 Å². The Morgan fingerprint density at radius 1 is 1.05 bits per heavy atom. The molecule has 0 saturated heterocycles. The fourth-order valence-corrected chi connectivity index (χ4v) is 6.09. The van der Waals surface area contributed by atoms with Crippen molar-refractivity contribution in [2.75, 3.05) is 0 Å². The van der Waals surface area contributed by atoms with Crippen LogP contribution < -0.4 is 0 Å². The maximum atomic E-state index is 12.0. The molecule has 0 heterocycles. The summed E-state index contributed by atoms with van der Waals surface area (Å²) >= 11 is -1.03. The van der Waals surface area contributed by atoms with Crippen LogP contribution in [0.25, 0.3) is 0 Å². The van der Waals surface area contributed by atoms with Crippen LogP contribution in [0.4, 0.5) is 0 Å². The third kappa shape index (κ3) is 4.13. The summed E-state index contributed by atoms with van der Waals surface area (Å²) < 4.78 is 40.6. The molecule has 0 spiro atoms. The van der Waals surface area contributed by atoms with Gasteiger partial charge in [-0.1, -0.05) is 0 Å². The molecule has 2 rings (SSSR count). The second kappa shape index (κ2) is 6.69. The molecular weight excluding hydrogens is 506 g/mol. The van der Waals surface area contributed by atoms with Crippen LogP contribution in [0.15, 0.2) is 53.4 Å². The van der Waals surface area contributed by atoms with Gasteiger partial charge in [0.25, 0.3) is 0 Å². The Labute approximate surface area is 139 Å². The molecule has 1 N–H and O–H groups in total. The van der Waals surface area contributed by atoms with Gasteiger partial charge in [0.2, 0.25) is 0 Å². The zero-order valence-electron chi connectivity index (χ0n) is 10.5. The van der Waals surface area contributed by atoms with Crippen molar-refractivity contribution < 1.29 is 14.4 Å². The van der Waals surface area contributed by atoms with Crippen LogP contribution in [0.5, 0.6) is 0 Å². The predicted octanol–water partition coefficient (Wildman–Crippen LogP) is 3.50. The van der Waals surface area contributed by atoms with Crippen molar-refractivity contribution in [3.8, 4) is 0 Å². The summed E-state index contributed by atoms with van der Waals surface area (Å²) in [5, 5.41) is 0. The molecule has 0 fully saturated rings. The van der Waals surface area contributed by atoms with Crippen molar-refractivity contribution in [3.63, 3.8) is 0 Å². The van der Waals surface area contributed by atoms with Gasteiger partial charge in [-0.15, -0.1) is 0 Å². The van der Waals surface area contributed by atoms with Crippen molar-refractivity contribution in [3.05, 3.63) is 61.2 Å². The Hall–Kier alpha value is -0.230. The summed E-state index contributed by atoms with van der Waals surface area (Å²) in [5.41, 5.74) is 0.959. The van der Waals surface area contributed by atoms with E-state index < -0.39 is 30.8 Å². The van der Waals surface area contributed by atoms with Gasteiger partial charge in [-0.3, -0.25) is 0 Å². The summed E-state index contributed by atoms with van der Waals surface area (Å²) in [6.45, 7) is 1.87. The molecule has 20 heavy (non-hydrogen) atoms. The average molecular weight is 518 g/mol. The van der Waals surface area contributed by atoms with Crippen LogP contribution in [0.1, 0.15) is 5.56 Å². The van der Waals surface area contributed by atoms with Gasteiger partial charge in [-0.25, -0.2) is 0 Å². The van der Waals surface area contributed by atoms with E-state index in [2.05, 4.69) is 22.6 Å². The molecule has 0 saturated carbocycles. The molecular formula is C13H12I2O4S. The van der Waals surface area contributed by atoms with Crippen molar-refractivity contribution in [2.45, 2.75) is 11.8 Å². The maximum absolute atomic E-state index is 12.0. The SMILES string of the molecule is Cc1ccc(S(=O)(=O)OI(O)c2ccc(I)cc2)cc1. The van der Waals surface area contributed by atoms with Gasteiger partial charge in [-0.2, -0.15) is 0 Å². The van der Waals surface area contributed by atoms with Crippen LogP contribution >= 0.6 is 43.2 Å². The summed E-state index contributed by atoms with van der Waals surface area (Å²) in [6, 6.07) is 13.3. The third-order valence-electron chi connectivity index (χ3n) is 2.44. The number of halogens is 2. The van der Waals surface area contributed by atoms with Crippen molar-refractivity contribution >= 4 is 53.4 Å². The van der Waals surface area contributed by atoms with E-state index in [0.717, 1.165) is 9.13 Å². The minimum atomic E-state index is -3.92. The van der Waals surface area contributed by atoms with Crippen molar-refractivity contribution in [2.24, 2.45) is 0 Å². The summed E-state index contributed by atoms with van der Waals surface area (Å²) in [5.74, 6) is 0. The summed E-state index contributed by atoms with van der Waals surface area (Å²) in [4.78, 5) is 0.0601. The van der Waals surface area contributed by atoms with Gasteiger partial charge in [-0.05, 0) is 0 Å². The van der Waals surface area contributed by atoms with Crippen LogP contribution in [0, 0.1) is 14.1 Å². The molecule has 0 radical (unpaired) electrons. The molecule has 7 heteroatoms. The Bertz CT molecular complexity index is 681. The molecule has 2 aromatic carbocycles. The Kier molecular flexibility index (Phi) is 5.40. The average Bonchev–Trinajstić information content (AvgIpc) is 2.39. The van der Waals surface area contributed by atoms with Gasteiger partial charge in [0.1, 0.15) is 0 Å². The molecule has 0 aliphatic heterocycles. The molecule has 0 bridgehead atoms. The molecule has 0 aliphatic carbocycles. The first kappa shape index (κ1) is 16.1. The quantitative estimate of drug-likeness (QED) is 0.630. The zero-order valence-corrected chi connectivity index (χ0v) is 15.6. The van der Waals surface area contributed by atoms with E-state index in [-0.39, 0.29) is 4.90 Å². The fraction of sp³-hybridized carbons (Fsp3) is 0.0769. The number of rotatable bonds is 4. The van der Waals surface area contributed by atoms with Crippen molar-refractivity contribution in [1.82, 2.24) is 0 Å². The standard InChI is InChI=1S/C13H12I2O4S/c1-10-2-8-13(9-3-10)20(17,18)19-15(16)12-6-4-11(14)5-7-12/h2-9,16H,1H3. The first-order chi connectivity index (χ1) is 9.38. The molecule has 2 aromatic rings. The van der Waals surface area contributed by atoms with Gasteiger partial charge >= 0.3 is 141 Å². The summed E-state index contributed by atoms with van der Waals surface area (Å²) in [6.07, 6.45) is 0. The van der Waals surface area contributed by atoms with E-state index in [0.29, 0.717) is 3.57 Å². The van der Waals surface area contributed by atoms with Crippen LogP contribution in [-0.4, -0.2) is 11.9 Å². The van der Waals surface area contributed by atoms with Crippen molar-refractivity contribution in [1.29, 1.82) is 0 Å². The Balaban J connectivity index is 2.19. The van der Waals surface area contributed by atoms with Gasteiger partial charge in [0.05, 0.1) is 0 Å². The second-order valence-corrected chi connectivity index (χ2v) is 10.4. The topological polar surface area (TPSA) is 63.6 Å². The van der Waals surface area contributed by atoms with Gasteiger partial charge in [0, 0.05) is 0 Å². The van der Waals surface area contributed by atoms with E-state index in [1.165, 1.54) is 12.1 Å². The van der Waals surface area contributed by atoms with Gasteiger partial charge < -0.3 is 0 Å². The summed E-state index contributed by atoms with van der Waals surface area (Å²) in [7, 11) is -3.92. The molecule has 0 unspecified atom stereocenters. The molecule has 0 aliphatic rings. The first-order valence-corrected chi connectivity index (χ1v) is 11.0. The second-order valence-electron chi connectivity index (χ2n) is 4.00. The fourth-order valence-electron chi connectivity index (χ4n) is 1.39. The predicted molar refractivity (Wildman–Crippen MR) is 93.5 cm³/mol. The van der Waals surface area contributed by atoms with Crippen LogP contribution in [0.3, 0.4) is 0 Å². The number of aryl methyl sites for hydroxylation is 1. The first-order valence-electron chi connectivity index (χ1n) is 5.55. The van der Waals surface area contributed by atoms with Crippen LogP contribution in [0.2, 0.25) is 0 Å². The normalized spacial score (nSPS) is 12.2. The molecule has 0 atom stereocenters. The number of benzene rings is 2. The van der Waals surface area contributed by atoms with E-state index in [9.17, 15) is 11.9 Å². The number of hydrogen-bond acceptors (Lipinski definition) is 4.